The van der Waals surface area contributed by atoms with Crippen LogP contribution in [0.25, 0.3) is 0 Å². The van der Waals surface area contributed by atoms with E-state index >= 15 is 0 Å². The number of benzene rings is 1. The van der Waals surface area contributed by atoms with Crippen LogP contribution in [0, 0.1) is 0 Å². The highest BCUT2D eigenvalue weighted by molar-refractivity contribution is 6.04. The van der Waals surface area contributed by atoms with Gasteiger partial charge in [-0.05, 0) is 49.2 Å². The van der Waals surface area contributed by atoms with Gasteiger partial charge in [-0.15, -0.1) is 24.8 Å². The summed E-state index contributed by atoms with van der Waals surface area (Å²) in [6.07, 6.45) is 6.37. The Hall–Kier alpha value is -2.15. The second-order valence-electron chi connectivity index (χ2n) is 6.11. The first-order valence-electron chi connectivity index (χ1n) is 8.54. The Labute approximate surface area is 171 Å². The van der Waals surface area contributed by atoms with Crippen molar-refractivity contribution in [3.8, 4) is 0 Å². The minimum atomic E-state index is -0.173. The molecule has 8 heteroatoms. The molecule has 1 aromatic carbocycles. The van der Waals surface area contributed by atoms with Crippen molar-refractivity contribution in [2.45, 2.75) is 31.8 Å². The van der Waals surface area contributed by atoms with E-state index in [0.717, 1.165) is 31.4 Å². The van der Waals surface area contributed by atoms with E-state index in [0.29, 0.717) is 17.8 Å². The van der Waals surface area contributed by atoms with Gasteiger partial charge in [-0.1, -0.05) is 18.6 Å². The van der Waals surface area contributed by atoms with Crippen molar-refractivity contribution in [1.29, 1.82) is 0 Å². The number of hydrogen-bond acceptors (Lipinski definition) is 4. The number of carbonyl (C=O) groups excluding carboxylic acids is 2. The number of carbonyl (C=O) groups is 2. The first-order valence-corrected chi connectivity index (χ1v) is 8.54. The normalized spacial score (nSPS) is 15.6. The molecule has 1 aliphatic rings. The predicted octanol–water partition coefficient (Wildman–Crippen LogP) is 2.94. The standard InChI is InChI=1S/C19H22N4O2.2ClH/c24-18(23-16-8-11-20-12-9-16)15-6-4-14(5-7-15)13-22-19(25)17-3-1-2-10-21-17;;/h4-9,11-12,17,21H,1-3,10,13H2,(H,22,25)(H,20,23,24);2*1H/t17-;;/m1../s1. The van der Waals surface area contributed by atoms with Crippen LogP contribution in [0.3, 0.4) is 0 Å². The fourth-order valence-corrected chi connectivity index (χ4v) is 2.80. The number of nitrogens with zero attached hydrogens (tertiary/aromatic N) is 1. The molecule has 2 aromatic rings. The van der Waals surface area contributed by atoms with Gasteiger partial charge in [0.25, 0.3) is 5.91 Å². The molecule has 0 spiro atoms. The average molecular weight is 411 g/mol. The zero-order valence-corrected chi connectivity index (χ0v) is 16.4. The summed E-state index contributed by atoms with van der Waals surface area (Å²) in [7, 11) is 0. The third kappa shape index (κ3) is 6.82. The molecule has 3 rings (SSSR count). The summed E-state index contributed by atoms with van der Waals surface area (Å²) >= 11 is 0. The van der Waals surface area contributed by atoms with Crippen molar-refractivity contribution < 1.29 is 9.59 Å². The second-order valence-corrected chi connectivity index (χ2v) is 6.11. The molecule has 1 aromatic heterocycles. The summed E-state index contributed by atoms with van der Waals surface area (Å²) in [4.78, 5) is 28.2. The fraction of sp³-hybridized carbons (Fsp3) is 0.316. The number of hydrogen-bond donors (Lipinski definition) is 3. The summed E-state index contributed by atoms with van der Waals surface area (Å²) < 4.78 is 0. The summed E-state index contributed by atoms with van der Waals surface area (Å²) in [5, 5.41) is 9.00. The Bertz CT molecular complexity index is 720. The summed E-state index contributed by atoms with van der Waals surface area (Å²) in [6.45, 7) is 1.36. The number of pyridine rings is 1. The van der Waals surface area contributed by atoms with Crippen LogP contribution < -0.4 is 16.0 Å². The molecule has 2 amide bonds. The van der Waals surface area contributed by atoms with Crippen LogP contribution in [0.15, 0.2) is 48.8 Å². The van der Waals surface area contributed by atoms with Crippen molar-refractivity contribution in [3.05, 3.63) is 59.9 Å². The van der Waals surface area contributed by atoms with Crippen LogP contribution in [0.5, 0.6) is 0 Å². The molecule has 1 fully saturated rings. The van der Waals surface area contributed by atoms with E-state index in [9.17, 15) is 9.59 Å². The molecule has 0 radical (unpaired) electrons. The Morgan fingerprint density at radius 3 is 2.37 bits per heavy atom. The highest BCUT2D eigenvalue weighted by Crippen LogP contribution is 2.10. The van der Waals surface area contributed by atoms with Gasteiger partial charge < -0.3 is 16.0 Å². The molecular formula is C19H24Cl2N4O2. The van der Waals surface area contributed by atoms with Crippen molar-refractivity contribution in [1.82, 2.24) is 15.6 Å². The molecule has 27 heavy (non-hydrogen) atoms. The van der Waals surface area contributed by atoms with Gasteiger partial charge in [-0.25, -0.2) is 0 Å². The number of rotatable bonds is 5. The molecule has 2 heterocycles. The topological polar surface area (TPSA) is 83.1 Å². The quantitative estimate of drug-likeness (QED) is 0.707. The minimum Gasteiger partial charge on any atom is -0.351 e. The first kappa shape index (κ1) is 22.9. The Morgan fingerprint density at radius 1 is 1.04 bits per heavy atom. The van der Waals surface area contributed by atoms with E-state index < -0.39 is 0 Å². The van der Waals surface area contributed by atoms with Crippen molar-refractivity contribution in [3.63, 3.8) is 0 Å². The second kappa shape index (κ2) is 11.5. The van der Waals surface area contributed by atoms with E-state index in [1.165, 1.54) is 0 Å². The lowest BCUT2D eigenvalue weighted by Crippen LogP contribution is -2.46. The van der Waals surface area contributed by atoms with Crippen LogP contribution in [0.2, 0.25) is 0 Å². The molecule has 0 unspecified atom stereocenters. The van der Waals surface area contributed by atoms with E-state index in [1.54, 1.807) is 36.7 Å². The van der Waals surface area contributed by atoms with Crippen LogP contribution in [0.4, 0.5) is 5.69 Å². The Balaban J connectivity index is 0.00000182. The molecule has 1 atom stereocenters. The summed E-state index contributed by atoms with van der Waals surface area (Å²) in [5.41, 5.74) is 2.24. The maximum atomic E-state index is 12.2. The SMILES string of the molecule is Cl.Cl.O=C(Nc1ccncc1)c1ccc(CNC(=O)[C@H]2CCCCN2)cc1. The number of nitrogens with one attached hydrogen (secondary N) is 3. The molecule has 0 bridgehead atoms. The Kier molecular flexibility index (Phi) is 9.78. The van der Waals surface area contributed by atoms with Gasteiger partial charge in [0.2, 0.25) is 5.91 Å². The van der Waals surface area contributed by atoms with Gasteiger partial charge in [-0.3, -0.25) is 14.6 Å². The molecular weight excluding hydrogens is 387 g/mol. The molecule has 1 saturated heterocycles. The van der Waals surface area contributed by atoms with E-state index in [-0.39, 0.29) is 42.7 Å². The number of anilines is 1. The van der Waals surface area contributed by atoms with E-state index in [4.69, 9.17) is 0 Å². The zero-order chi connectivity index (χ0) is 17.5. The lowest BCUT2D eigenvalue weighted by molar-refractivity contribution is -0.123. The van der Waals surface area contributed by atoms with E-state index in [1.807, 2.05) is 12.1 Å². The lowest BCUT2D eigenvalue weighted by Gasteiger charge is -2.22. The van der Waals surface area contributed by atoms with Crippen LogP contribution in [-0.4, -0.2) is 29.4 Å². The van der Waals surface area contributed by atoms with Crippen LogP contribution in [0.1, 0.15) is 35.2 Å². The van der Waals surface area contributed by atoms with Gasteiger partial charge in [-0.2, -0.15) is 0 Å². The highest BCUT2D eigenvalue weighted by atomic mass is 35.5. The number of piperidine rings is 1. The fourth-order valence-electron chi connectivity index (χ4n) is 2.80. The monoisotopic (exact) mass is 410 g/mol. The molecule has 6 nitrogen and oxygen atoms in total. The molecule has 0 saturated carbocycles. The van der Waals surface area contributed by atoms with Crippen LogP contribution >= 0.6 is 24.8 Å². The molecule has 0 aliphatic carbocycles. The number of aromatic nitrogens is 1. The maximum Gasteiger partial charge on any atom is 0.255 e. The number of amides is 2. The summed E-state index contributed by atoms with van der Waals surface area (Å²) in [6, 6.07) is 10.6. The van der Waals surface area contributed by atoms with Gasteiger partial charge in [0.15, 0.2) is 0 Å². The highest BCUT2D eigenvalue weighted by Gasteiger charge is 2.19. The molecule has 146 valence electrons. The largest absolute Gasteiger partial charge is 0.351 e. The Morgan fingerprint density at radius 2 is 1.74 bits per heavy atom. The zero-order valence-electron chi connectivity index (χ0n) is 14.8. The first-order chi connectivity index (χ1) is 12.2. The minimum absolute atomic E-state index is 0. The number of halogens is 2. The van der Waals surface area contributed by atoms with Gasteiger partial charge in [0.05, 0.1) is 6.04 Å². The average Bonchev–Trinajstić information content (AvgIpc) is 2.68. The maximum absolute atomic E-state index is 12.2. The smallest absolute Gasteiger partial charge is 0.255 e. The van der Waals surface area contributed by atoms with Crippen molar-refractivity contribution >= 4 is 42.3 Å². The van der Waals surface area contributed by atoms with Gasteiger partial charge in [0.1, 0.15) is 0 Å². The predicted molar refractivity (Wildman–Crippen MR) is 111 cm³/mol. The van der Waals surface area contributed by atoms with Crippen LogP contribution in [-0.2, 0) is 11.3 Å². The van der Waals surface area contributed by atoms with Gasteiger partial charge in [0, 0.05) is 30.2 Å². The molecule has 1 aliphatic heterocycles. The van der Waals surface area contributed by atoms with E-state index in [2.05, 4.69) is 20.9 Å². The summed E-state index contributed by atoms with van der Waals surface area (Å²) in [5.74, 6) is -0.132. The molecule has 3 N–H and O–H groups in total. The lowest BCUT2D eigenvalue weighted by atomic mass is 10.0. The third-order valence-corrected chi connectivity index (χ3v) is 4.25. The van der Waals surface area contributed by atoms with Crippen molar-refractivity contribution in [2.75, 3.05) is 11.9 Å². The third-order valence-electron chi connectivity index (χ3n) is 4.25. The van der Waals surface area contributed by atoms with Crippen molar-refractivity contribution in [2.24, 2.45) is 0 Å². The van der Waals surface area contributed by atoms with Gasteiger partial charge >= 0.3 is 0 Å².